The molecule has 0 spiro atoms. The average Bonchev–Trinajstić information content (AvgIpc) is 2.15. The first kappa shape index (κ1) is 6.20. The van der Waals surface area contributed by atoms with Crippen LogP contribution >= 0.6 is 0 Å². The SMILES string of the molecule is [2H]C([2H])(O)c1ccc(C(=O)OC)cc1. The Balaban J connectivity index is 2.95. The standard InChI is InChI=1S/C9H10O3/c1-12-9(11)8-4-2-7(6-10)3-5-8/h2-5,10H,6H2,1H3/i6D2. The normalized spacial score (nSPS) is 13.2. The molecule has 0 radical (unpaired) electrons. The Hall–Kier alpha value is -1.35. The maximum absolute atomic E-state index is 11.0. The number of ether oxygens (including phenoxy) is 1. The number of rotatable bonds is 2. The molecular weight excluding hydrogens is 156 g/mol. The molecule has 1 aromatic rings. The van der Waals surface area contributed by atoms with Gasteiger partial charge in [-0.2, -0.15) is 0 Å². The minimum Gasteiger partial charge on any atom is -0.465 e. The van der Waals surface area contributed by atoms with Crippen molar-refractivity contribution in [2.24, 2.45) is 0 Å². The predicted molar refractivity (Wildman–Crippen MR) is 43.7 cm³/mol. The second-order valence-electron chi connectivity index (χ2n) is 2.18. The highest BCUT2D eigenvalue weighted by atomic mass is 16.5. The first-order chi connectivity index (χ1) is 6.45. The maximum atomic E-state index is 11.0. The Labute approximate surface area is 73.4 Å². The largest absolute Gasteiger partial charge is 0.465 e. The molecule has 0 saturated heterocycles. The fraction of sp³-hybridized carbons (Fsp3) is 0.222. The van der Waals surface area contributed by atoms with Crippen LogP contribution in [0.5, 0.6) is 0 Å². The summed E-state index contributed by atoms with van der Waals surface area (Å²) in [4.78, 5) is 11.0. The molecule has 3 nitrogen and oxygen atoms in total. The lowest BCUT2D eigenvalue weighted by molar-refractivity contribution is 0.0600. The summed E-state index contributed by atoms with van der Waals surface area (Å²) in [6.45, 7) is -2.38. The van der Waals surface area contributed by atoms with Gasteiger partial charge in [0, 0.05) is 0 Å². The van der Waals surface area contributed by atoms with Crippen LogP contribution in [0, 0.1) is 0 Å². The van der Waals surface area contributed by atoms with Gasteiger partial charge in [0.2, 0.25) is 0 Å². The van der Waals surface area contributed by atoms with Gasteiger partial charge in [-0.1, -0.05) is 12.1 Å². The van der Waals surface area contributed by atoms with E-state index in [1.807, 2.05) is 0 Å². The minimum absolute atomic E-state index is 0.102. The third-order valence-electron chi connectivity index (χ3n) is 1.44. The summed E-state index contributed by atoms with van der Waals surface area (Å²) in [5.41, 5.74) is 0.422. The summed E-state index contributed by atoms with van der Waals surface area (Å²) in [6, 6.07) is 5.48. The molecule has 0 aromatic heterocycles. The zero-order valence-electron chi connectivity index (χ0n) is 8.57. The molecule has 3 heteroatoms. The van der Waals surface area contributed by atoms with Gasteiger partial charge in [0.25, 0.3) is 0 Å². The van der Waals surface area contributed by atoms with Crippen LogP contribution in [0.3, 0.4) is 0 Å². The molecule has 1 N–H and O–H groups in total. The van der Waals surface area contributed by atoms with Gasteiger partial charge < -0.3 is 9.84 Å². The van der Waals surface area contributed by atoms with E-state index in [0.717, 1.165) is 0 Å². The van der Waals surface area contributed by atoms with E-state index in [4.69, 9.17) is 7.85 Å². The first-order valence-electron chi connectivity index (χ1n) is 4.36. The Morgan fingerprint density at radius 3 is 2.58 bits per heavy atom. The third kappa shape index (κ3) is 1.83. The third-order valence-corrected chi connectivity index (χ3v) is 1.44. The Kier molecular flexibility index (Phi) is 2.00. The molecule has 12 heavy (non-hydrogen) atoms. The number of hydrogen-bond donors (Lipinski definition) is 1. The Bertz CT molecular complexity index is 327. The number of methoxy groups -OCH3 is 1. The van der Waals surface area contributed by atoms with E-state index in [2.05, 4.69) is 4.74 Å². The van der Waals surface area contributed by atoms with Crippen molar-refractivity contribution in [1.82, 2.24) is 0 Å². The lowest BCUT2D eigenvalue weighted by Gasteiger charge is -1.99. The molecule has 0 heterocycles. The highest BCUT2D eigenvalue weighted by Crippen LogP contribution is 2.04. The number of aliphatic hydroxyl groups is 1. The van der Waals surface area contributed by atoms with E-state index in [1.165, 1.54) is 31.4 Å². The van der Waals surface area contributed by atoms with Gasteiger partial charge in [0.15, 0.2) is 0 Å². The van der Waals surface area contributed by atoms with Crippen LogP contribution in [0.2, 0.25) is 0 Å². The summed E-state index contributed by atoms with van der Waals surface area (Å²) >= 11 is 0. The lowest BCUT2D eigenvalue weighted by Crippen LogP contribution is -2.00. The average molecular weight is 168 g/mol. The fourth-order valence-corrected chi connectivity index (χ4v) is 0.799. The molecule has 0 saturated carbocycles. The summed E-state index contributed by atoms with van der Waals surface area (Å²) < 4.78 is 18.5. The van der Waals surface area contributed by atoms with E-state index >= 15 is 0 Å². The fourth-order valence-electron chi connectivity index (χ4n) is 0.799. The van der Waals surface area contributed by atoms with E-state index in [0.29, 0.717) is 5.56 Å². The van der Waals surface area contributed by atoms with Gasteiger partial charge in [-0.3, -0.25) is 0 Å². The molecule has 0 aliphatic rings. The molecule has 0 bridgehead atoms. The van der Waals surface area contributed by atoms with Crippen LogP contribution in [0.25, 0.3) is 0 Å². The van der Waals surface area contributed by atoms with Crippen molar-refractivity contribution < 1.29 is 17.4 Å². The van der Waals surface area contributed by atoms with Crippen molar-refractivity contribution in [3.8, 4) is 0 Å². The van der Waals surface area contributed by atoms with Crippen LogP contribution in [0.4, 0.5) is 0 Å². The van der Waals surface area contributed by atoms with Crippen LogP contribution in [0.15, 0.2) is 24.3 Å². The Morgan fingerprint density at radius 2 is 2.17 bits per heavy atom. The molecule has 0 aliphatic heterocycles. The summed E-state index contributed by atoms with van der Waals surface area (Å²) in [5, 5.41) is 8.99. The van der Waals surface area contributed by atoms with Gasteiger partial charge in [-0.25, -0.2) is 4.79 Å². The molecule has 64 valence electrons. The number of esters is 1. The zero-order chi connectivity index (χ0) is 10.8. The quantitative estimate of drug-likeness (QED) is 0.669. The van der Waals surface area contributed by atoms with Gasteiger partial charge in [0.1, 0.15) is 0 Å². The van der Waals surface area contributed by atoms with Gasteiger partial charge in [-0.15, -0.1) is 0 Å². The molecule has 0 amide bonds. The van der Waals surface area contributed by atoms with Gasteiger partial charge in [-0.05, 0) is 17.7 Å². The second-order valence-corrected chi connectivity index (χ2v) is 2.18. The molecule has 1 aromatic carbocycles. The van der Waals surface area contributed by atoms with E-state index in [9.17, 15) is 4.79 Å². The van der Waals surface area contributed by atoms with Crippen LogP contribution in [-0.2, 0) is 11.3 Å². The summed E-state index contributed by atoms with van der Waals surface area (Å²) in [5.74, 6) is -0.491. The van der Waals surface area contributed by atoms with Gasteiger partial charge >= 0.3 is 5.97 Å². The van der Waals surface area contributed by atoms with E-state index in [1.54, 1.807) is 0 Å². The maximum Gasteiger partial charge on any atom is 0.337 e. The molecule has 0 unspecified atom stereocenters. The highest BCUT2D eigenvalue weighted by molar-refractivity contribution is 5.89. The second kappa shape index (κ2) is 3.88. The van der Waals surface area contributed by atoms with E-state index < -0.39 is 12.5 Å². The molecule has 1 rings (SSSR count). The zero-order valence-corrected chi connectivity index (χ0v) is 6.57. The number of carbonyl (C=O) groups is 1. The van der Waals surface area contributed by atoms with Crippen molar-refractivity contribution in [1.29, 1.82) is 0 Å². The van der Waals surface area contributed by atoms with Crippen molar-refractivity contribution in [2.45, 2.75) is 6.56 Å². The lowest BCUT2D eigenvalue weighted by atomic mass is 10.1. The first-order valence-corrected chi connectivity index (χ1v) is 3.36. The van der Waals surface area contributed by atoms with Crippen LogP contribution in [-0.4, -0.2) is 18.2 Å². The number of carbonyl (C=O) groups excluding carboxylic acids is 1. The monoisotopic (exact) mass is 168 g/mol. The molecular formula is C9H10O3. The predicted octanol–water partition coefficient (Wildman–Crippen LogP) is 0.966. The van der Waals surface area contributed by atoms with Crippen molar-refractivity contribution >= 4 is 5.97 Å². The van der Waals surface area contributed by atoms with Crippen molar-refractivity contribution in [2.75, 3.05) is 7.11 Å². The molecule has 0 fully saturated rings. The van der Waals surface area contributed by atoms with Crippen LogP contribution in [0.1, 0.15) is 18.7 Å². The smallest absolute Gasteiger partial charge is 0.337 e. The van der Waals surface area contributed by atoms with Crippen LogP contribution < -0.4 is 0 Å². The Morgan fingerprint density at radius 1 is 1.58 bits per heavy atom. The van der Waals surface area contributed by atoms with E-state index in [-0.39, 0.29) is 5.56 Å². The van der Waals surface area contributed by atoms with Gasteiger partial charge in [0.05, 0.1) is 22.0 Å². The molecule has 0 atom stereocenters. The number of hydrogen-bond acceptors (Lipinski definition) is 3. The molecule has 0 aliphatic carbocycles. The van der Waals surface area contributed by atoms with Crippen molar-refractivity contribution in [3.63, 3.8) is 0 Å². The highest BCUT2D eigenvalue weighted by Gasteiger charge is 2.02. The topological polar surface area (TPSA) is 46.5 Å². The number of benzene rings is 1. The summed E-state index contributed by atoms with van der Waals surface area (Å²) in [6.07, 6.45) is 0. The summed E-state index contributed by atoms with van der Waals surface area (Å²) in [7, 11) is 1.27. The van der Waals surface area contributed by atoms with Crippen molar-refractivity contribution in [3.05, 3.63) is 35.4 Å². The minimum atomic E-state index is -2.38.